The molecule has 0 unspecified atom stereocenters. The van der Waals surface area contributed by atoms with Gasteiger partial charge in [0.25, 0.3) is 0 Å². The molecule has 0 aliphatic heterocycles. The van der Waals surface area contributed by atoms with Crippen LogP contribution in [0.3, 0.4) is 0 Å². The molecule has 0 aromatic heterocycles. The van der Waals surface area contributed by atoms with Crippen molar-refractivity contribution in [2.45, 2.75) is 52.4 Å². The van der Waals surface area contributed by atoms with Crippen LogP contribution in [0.2, 0.25) is 0 Å². The van der Waals surface area contributed by atoms with Crippen LogP contribution in [0.1, 0.15) is 62.6 Å². The molecule has 0 saturated carbocycles. The Balaban J connectivity index is 2.07. The minimum atomic E-state index is -0.0301. The van der Waals surface area contributed by atoms with Crippen LogP contribution in [0.4, 0.5) is 5.69 Å². The Morgan fingerprint density at radius 2 is 1.75 bits per heavy atom. The van der Waals surface area contributed by atoms with Gasteiger partial charge in [0.05, 0.1) is 0 Å². The molecule has 2 aromatic carbocycles. The fraction of sp³-hybridized carbons (Fsp3) is 0.381. The number of para-hydroxylation sites is 1. The van der Waals surface area contributed by atoms with E-state index in [1.54, 1.807) is 12.1 Å². The van der Waals surface area contributed by atoms with Gasteiger partial charge in [-0.1, -0.05) is 58.0 Å². The molecule has 0 heterocycles. The first-order valence-electron chi connectivity index (χ1n) is 8.59. The maximum Gasteiger partial charge on any atom is 0.224 e. The van der Waals surface area contributed by atoms with E-state index in [2.05, 4.69) is 45.1 Å². The van der Waals surface area contributed by atoms with E-state index in [4.69, 9.17) is 0 Å². The highest BCUT2D eigenvalue weighted by molar-refractivity contribution is 5.91. The minimum Gasteiger partial charge on any atom is -0.508 e. The molecule has 128 valence electrons. The second-order valence-corrected chi connectivity index (χ2v) is 6.83. The van der Waals surface area contributed by atoms with Gasteiger partial charge >= 0.3 is 0 Å². The van der Waals surface area contributed by atoms with Crippen LogP contribution < -0.4 is 5.32 Å². The van der Waals surface area contributed by atoms with E-state index in [1.165, 1.54) is 5.56 Å². The number of aromatic hydroxyl groups is 1. The first-order chi connectivity index (χ1) is 11.4. The standard InChI is InChI=1S/C21H27NO2/c1-14(2)17-9-11-19(18(13-17)15(3)4)22-21(24)12-10-16-7-5-6-8-20(16)23/h5-9,11,13-15,23H,10,12H2,1-4H3,(H,22,24). The molecule has 0 bridgehead atoms. The number of phenols is 1. The molecule has 0 spiro atoms. The molecule has 3 heteroatoms. The molecule has 0 radical (unpaired) electrons. The highest BCUT2D eigenvalue weighted by atomic mass is 16.3. The van der Waals surface area contributed by atoms with Crippen molar-refractivity contribution < 1.29 is 9.90 Å². The summed E-state index contributed by atoms with van der Waals surface area (Å²) in [6.45, 7) is 8.61. The Morgan fingerprint density at radius 1 is 1.04 bits per heavy atom. The number of phenolic OH excluding ortho intramolecular Hbond substituents is 1. The molecular weight excluding hydrogens is 298 g/mol. The smallest absolute Gasteiger partial charge is 0.224 e. The maximum absolute atomic E-state index is 12.3. The Kier molecular flexibility index (Phi) is 6.02. The van der Waals surface area contributed by atoms with Gasteiger partial charge in [-0.2, -0.15) is 0 Å². The second kappa shape index (κ2) is 8.00. The lowest BCUT2D eigenvalue weighted by atomic mass is 9.94. The average molecular weight is 325 g/mol. The van der Waals surface area contributed by atoms with Gasteiger partial charge in [-0.3, -0.25) is 4.79 Å². The Bertz CT molecular complexity index is 705. The predicted octanol–water partition coefficient (Wildman–Crippen LogP) is 5.21. The fourth-order valence-corrected chi connectivity index (χ4v) is 2.71. The molecular formula is C21H27NO2. The van der Waals surface area contributed by atoms with Gasteiger partial charge < -0.3 is 10.4 Å². The van der Waals surface area contributed by atoms with Crippen molar-refractivity contribution in [3.8, 4) is 5.75 Å². The van der Waals surface area contributed by atoms with Crippen LogP contribution >= 0.6 is 0 Å². The first-order valence-corrected chi connectivity index (χ1v) is 8.59. The van der Waals surface area contributed by atoms with Crippen molar-refractivity contribution in [1.29, 1.82) is 0 Å². The summed E-state index contributed by atoms with van der Waals surface area (Å²) in [6, 6.07) is 13.4. The van der Waals surface area contributed by atoms with Gasteiger partial charge in [-0.15, -0.1) is 0 Å². The summed E-state index contributed by atoms with van der Waals surface area (Å²) in [5.41, 5.74) is 4.13. The van der Waals surface area contributed by atoms with Crippen molar-refractivity contribution in [1.82, 2.24) is 0 Å². The zero-order valence-corrected chi connectivity index (χ0v) is 15.0. The number of aryl methyl sites for hydroxylation is 1. The third kappa shape index (κ3) is 4.60. The number of benzene rings is 2. The number of hydrogen-bond donors (Lipinski definition) is 2. The molecule has 24 heavy (non-hydrogen) atoms. The quantitative estimate of drug-likeness (QED) is 0.766. The second-order valence-electron chi connectivity index (χ2n) is 6.83. The highest BCUT2D eigenvalue weighted by Crippen LogP contribution is 2.28. The predicted molar refractivity (Wildman–Crippen MR) is 99.7 cm³/mol. The van der Waals surface area contributed by atoms with Gasteiger partial charge in [0, 0.05) is 12.1 Å². The van der Waals surface area contributed by atoms with Gasteiger partial charge in [0.2, 0.25) is 5.91 Å². The number of rotatable bonds is 6. The van der Waals surface area contributed by atoms with E-state index in [0.717, 1.165) is 16.8 Å². The Labute approximate surface area is 144 Å². The molecule has 0 aliphatic rings. The monoisotopic (exact) mass is 325 g/mol. The maximum atomic E-state index is 12.3. The Hall–Kier alpha value is -2.29. The summed E-state index contributed by atoms with van der Waals surface area (Å²) < 4.78 is 0. The number of nitrogens with one attached hydrogen (secondary N) is 1. The molecule has 2 rings (SSSR count). The number of hydrogen-bond acceptors (Lipinski definition) is 2. The van der Waals surface area contributed by atoms with Crippen LogP contribution in [0.25, 0.3) is 0 Å². The fourth-order valence-electron chi connectivity index (χ4n) is 2.71. The molecule has 0 saturated heterocycles. The van der Waals surface area contributed by atoms with E-state index in [1.807, 2.05) is 18.2 Å². The highest BCUT2D eigenvalue weighted by Gasteiger charge is 2.12. The van der Waals surface area contributed by atoms with Crippen LogP contribution in [-0.2, 0) is 11.2 Å². The summed E-state index contributed by atoms with van der Waals surface area (Å²) in [4.78, 5) is 12.3. The van der Waals surface area contributed by atoms with Crippen LogP contribution in [0, 0.1) is 0 Å². The lowest BCUT2D eigenvalue weighted by molar-refractivity contribution is -0.116. The normalized spacial score (nSPS) is 11.1. The number of carbonyl (C=O) groups is 1. The zero-order valence-electron chi connectivity index (χ0n) is 15.0. The number of amides is 1. The molecule has 3 nitrogen and oxygen atoms in total. The largest absolute Gasteiger partial charge is 0.508 e. The van der Waals surface area contributed by atoms with Gasteiger partial charge in [0.1, 0.15) is 5.75 Å². The van der Waals surface area contributed by atoms with Crippen molar-refractivity contribution in [3.05, 3.63) is 59.2 Å². The van der Waals surface area contributed by atoms with Crippen molar-refractivity contribution in [3.63, 3.8) is 0 Å². The molecule has 2 N–H and O–H groups in total. The number of anilines is 1. The third-order valence-electron chi connectivity index (χ3n) is 4.25. The first kappa shape index (κ1) is 18.1. The lowest BCUT2D eigenvalue weighted by Crippen LogP contribution is -2.14. The summed E-state index contributed by atoms with van der Waals surface area (Å²) >= 11 is 0. The van der Waals surface area contributed by atoms with E-state index >= 15 is 0 Å². The van der Waals surface area contributed by atoms with Crippen LogP contribution in [-0.4, -0.2) is 11.0 Å². The van der Waals surface area contributed by atoms with Crippen LogP contribution in [0.15, 0.2) is 42.5 Å². The van der Waals surface area contributed by atoms with Crippen molar-refractivity contribution >= 4 is 11.6 Å². The van der Waals surface area contributed by atoms with E-state index in [-0.39, 0.29) is 11.7 Å². The zero-order chi connectivity index (χ0) is 17.7. The van der Waals surface area contributed by atoms with E-state index in [9.17, 15) is 9.90 Å². The van der Waals surface area contributed by atoms with Gasteiger partial charge in [-0.05, 0) is 47.1 Å². The number of carbonyl (C=O) groups excluding carboxylic acids is 1. The third-order valence-corrected chi connectivity index (χ3v) is 4.25. The Morgan fingerprint density at radius 3 is 2.38 bits per heavy atom. The summed E-state index contributed by atoms with van der Waals surface area (Å²) in [7, 11) is 0. The molecule has 2 aromatic rings. The van der Waals surface area contributed by atoms with E-state index in [0.29, 0.717) is 24.7 Å². The van der Waals surface area contributed by atoms with Crippen molar-refractivity contribution in [2.75, 3.05) is 5.32 Å². The summed E-state index contributed by atoms with van der Waals surface area (Å²) in [5.74, 6) is 1.03. The van der Waals surface area contributed by atoms with Gasteiger partial charge in [0.15, 0.2) is 0 Å². The molecule has 1 amide bonds. The SMILES string of the molecule is CC(C)c1ccc(NC(=O)CCc2ccccc2O)c(C(C)C)c1. The van der Waals surface area contributed by atoms with Crippen LogP contribution in [0.5, 0.6) is 5.75 Å². The minimum absolute atomic E-state index is 0.0301. The molecule has 0 fully saturated rings. The topological polar surface area (TPSA) is 49.3 Å². The van der Waals surface area contributed by atoms with Crippen molar-refractivity contribution in [2.24, 2.45) is 0 Å². The lowest BCUT2D eigenvalue weighted by Gasteiger charge is -2.17. The van der Waals surface area contributed by atoms with Gasteiger partial charge in [-0.25, -0.2) is 0 Å². The van der Waals surface area contributed by atoms with E-state index < -0.39 is 0 Å². The summed E-state index contributed by atoms with van der Waals surface area (Å²) in [5, 5.41) is 12.8. The molecule has 0 atom stereocenters. The summed E-state index contributed by atoms with van der Waals surface area (Å²) in [6.07, 6.45) is 0.876. The molecule has 0 aliphatic carbocycles. The average Bonchev–Trinajstić information content (AvgIpc) is 2.54.